The number of hydrogen-bond donors (Lipinski definition) is 0. The maximum atomic E-state index is 2.73. The summed E-state index contributed by atoms with van der Waals surface area (Å²) in [7, 11) is 0. The number of rotatable bonds is 6. The molecule has 4 aliphatic rings. The van der Waals surface area contributed by atoms with Crippen LogP contribution in [0.4, 0.5) is 28.4 Å². The molecule has 0 N–H and O–H groups in total. The molecule has 11 rings (SSSR count). The second-order valence-corrected chi connectivity index (χ2v) is 20.0. The van der Waals surface area contributed by atoms with E-state index in [1.54, 1.807) is 0 Å². The van der Waals surface area contributed by atoms with Gasteiger partial charge in [0.2, 0.25) is 0 Å². The molecule has 0 spiro atoms. The molecule has 1 unspecified atom stereocenters. The molecule has 0 amide bonds. The summed E-state index contributed by atoms with van der Waals surface area (Å²) in [6.07, 6.45) is 6.75. The van der Waals surface area contributed by atoms with Crippen LogP contribution in [0.3, 0.4) is 0 Å². The highest BCUT2D eigenvalue weighted by atomic mass is 32.2. The van der Waals surface area contributed by atoms with Gasteiger partial charge in [-0.05, 0) is 117 Å². The van der Waals surface area contributed by atoms with Gasteiger partial charge >= 0.3 is 0 Å². The van der Waals surface area contributed by atoms with Crippen LogP contribution in [0.2, 0.25) is 0 Å². The summed E-state index contributed by atoms with van der Waals surface area (Å²) in [5, 5.41) is 2.56. The lowest BCUT2D eigenvalue weighted by Crippen LogP contribution is -2.47. The highest BCUT2D eigenvalue weighted by molar-refractivity contribution is 7.98. The van der Waals surface area contributed by atoms with Gasteiger partial charge in [0.25, 0.3) is 0 Å². The highest BCUT2D eigenvalue weighted by Crippen LogP contribution is 2.63. The molecule has 61 heavy (non-hydrogen) atoms. The first kappa shape index (κ1) is 38.2. The average molecular weight is 811 g/mol. The minimum Gasteiger partial charge on any atom is -0.312 e. The van der Waals surface area contributed by atoms with E-state index in [0.29, 0.717) is 5.92 Å². The van der Waals surface area contributed by atoms with Crippen LogP contribution in [0.25, 0.3) is 27.5 Å². The zero-order valence-electron chi connectivity index (χ0n) is 36.7. The molecule has 0 saturated carbocycles. The zero-order chi connectivity index (χ0) is 42.0. The minimum atomic E-state index is -0.107. The number of anilines is 5. The SMILES string of the molecule is CCC1=C2C(CC(c3ccc(N(c4ccccc4)c4ccc5c(c4)C(C)(C)c4ccccc4-5)c4ccccc34)=C1)C(C)(C)c1cccc3c1N2c1c(SC)cccc1C3(C)C. The summed E-state index contributed by atoms with van der Waals surface area (Å²) in [6.45, 7) is 17.0. The van der Waals surface area contributed by atoms with E-state index in [1.807, 2.05) is 11.8 Å². The Hall–Kier alpha value is -5.77. The molecule has 0 saturated heterocycles. The van der Waals surface area contributed by atoms with E-state index in [9.17, 15) is 0 Å². The summed E-state index contributed by atoms with van der Waals surface area (Å²) in [6, 6.07) is 55.0. The van der Waals surface area contributed by atoms with Crippen LogP contribution < -0.4 is 9.80 Å². The number of benzene rings is 7. The first-order valence-corrected chi connectivity index (χ1v) is 23.4. The van der Waals surface area contributed by atoms with Gasteiger partial charge in [-0.3, -0.25) is 0 Å². The Morgan fingerprint density at radius 3 is 1.97 bits per heavy atom. The zero-order valence-corrected chi connectivity index (χ0v) is 37.5. The Kier molecular flexibility index (Phi) is 8.52. The molecule has 302 valence electrons. The van der Waals surface area contributed by atoms with Crippen LogP contribution in [0.1, 0.15) is 94.7 Å². The summed E-state index contributed by atoms with van der Waals surface area (Å²) in [5.74, 6) is 0.298. The highest BCUT2D eigenvalue weighted by Gasteiger charge is 2.51. The molecule has 0 aromatic heterocycles. The lowest BCUT2D eigenvalue weighted by Gasteiger charge is -2.55. The van der Waals surface area contributed by atoms with Crippen molar-refractivity contribution in [2.75, 3.05) is 16.1 Å². The molecular weight excluding hydrogens is 757 g/mol. The molecule has 1 atom stereocenters. The Bertz CT molecular complexity index is 3020. The maximum Gasteiger partial charge on any atom is 0.0635 e. The minimum absolute atomic E-state index is 0.0835. The van der Waals surface area contributed by atoms with Crippen molar-refractivity contribution >= 4 is 56.5 Å². The Morgan fingerprint density at radius 2 is 1.20 bits per heavy atom. The Labute approximate surface area is 366 Å². The normalized spacial score (nSPS) is 18.5. The van der Waals surface area contributed by atoms with E-state index < -0.39 is 0 Å². The van der Waals surface area contributed by atoms with E-state index in [-0.39, 0.29) is 16.2 Å². The van der Waals surface area contributed by atoms with E-state index in [1.165, 1.54) is 99.8 Å². The van der Waals surface area contributed by atoms with E-state index in [2.05, 4.69) is 216 Å². The van der Waals surface area contributed by atoms with Crippen molar-refractivity contribution in [3.63, 3.8) is 0 Å². The number of thioether (sulfide) groups is 1. The van der Waals surface area contributed by atoms with Gasteiger partial charge in [0, 0.05) is 49.5 Å². The van der Waals surface area contributed by atoms with Crippen LogP contribution in [-0.4, -0.2) is 6.26 Å². The summed E-state index contributed by atoms with van der Waals surface area (Å²) in [4.78, 5) is 6.56. The van der Waals surface area contributed by atoms with E-state index in [4.69, 9.17) is 0 Å². The number of hydrogen-bond acceptors (Lipinski definition) is 3. The number of para-hydroxylation sites is 3. The van der Waals surface area contributed by atoms with Crippen LogP contribution in [0.5, 0.6) is 0 Å². The van der Waals surface area contributed by atoms with E-state index >= 15 is 0 Å². The molecule has 7 aromatic rings. The van der Waals surface area contributed by atoms with Gasteiger partial charge in [0.05, 0.1) is 17.1 Å². The fourth-order valence-corrected chi connectivity index (χ4v) is 12.4. The largest absolute Gasteiger partial charge is 0.312 e. The number of nitrogens with zero attached hydrogens (tertiary/aromatic N) is 2. The molecule has 2 aliphatic carbocycles. The fraction of sp³-hybridized carbons (Fsp3) is 0.241. The van der Waals surface area contributed by atoms with Gasteiger partial charge in [-0.15, -0.1) is 11.8 Å². The number of allylic oxidation sites excluding steroid dienone is 4. The third-order valence-electron chi connectivity index (χ3n) is 15.0. The second kappa shape index (κ2) is 13.6. The Balaban J connectivity index is 1.09. The molecule has 3 heteroatoms. The first-order chi connectivity index (χ1) is 29.5. The standard InChI is InChI=1S/C58H54N2S/c1-9-36-33-37(34-50-53(36)60-54-46(25-17-26-47(54)58(50,6)7)57(4,5)48-27-18-28-52(61-8)55(48)60)40-31-32-51(44-23-14-13-21-41(40)44)59(38-19-11-10-12-20-38)39-29-30-43-42-22-15-16-24-45(42)56(2,3)49(43)35-39/h10-33,35,50H,9,34H2,1-8H3. The van der Waals surface area contributed by atoms with Crippen molar-refractivity contribution in [1.82, 2.24) is 0 Å². The van der Waals surface area contributed by atoms with Gasteiger partial charge < -0.3 is 9.80 Å². The maximum absolute atomic E-state index is 2.73. The van der Waals surface area contributed by atoms with Crippen molar-refractivity contribution in [3.05, 3.63) is 196 Å². The molecular formula is C58H54N2S. The monoisotopic (exact) mass is 810 g/mol. The molecule has 0 bridgehead atoms. The van der Waals surface area contributed by atoms with Gasteiger partial charge in [0.15, 0.2) is 0 Å². The molecule has 7 aromatic carbocycles. The summed E-state index contributed by atoms with van der Waals surface area (Å²) < 4.78 is 0. The van der Waals surface area contributed by atoms with Crippen molar-refractivity contribution in [3.8, 4) is 11.1 Å². The fourth-order valence-electron chi connectivity index (χ4n) is 11.8. The lowest BCUT2D eigenvalue weighted by atomic mass is 9.60. The first-order valence-electron chi connectivity index (χ1n) is 22.1. The number of fused-ring (bicyclic) bond motifs is 8. The molecule has 2 aliphatic heterocycles. The predicted molar refractivity (Wildman–Crippen MR) is 262 cm³/mol. The third-order valence-corrected chi connectivity index (χ3v) is 15.8. The van der Waals surface area contributed by atoms with Crippen molar-refractivity contribution < 1.29 is 0 Å². The smallest absolute Gasteiger partial charge is 0.0635 e. The third kappa shape index (κ3) is 5.35. The second-order valence-electron chi connectivity index (χ2n) is 19.2. The molecule has 2 heterocycles. The molecule has 2 nitrogen and oxygen atoms in total. The van der Waals surface area contributed by atoms with Gasteiger partial charge in [0.1, 0.15) is 0 Å². The molecule has 0 fully saturated rings. The quantitative estimate of drug-likeness (QED) is 0.155. The van der Waals surface area contributed by atoms with Gasteiger partial charge in [-0.1, -0.05) is 164 Å². The summed E-state index contributed by atoms with van der Waals surface area (Å²) >= 11 is 1.87. The van der Waals surface area contributed by atoms with Crippen LogP contribution in [0, 0.1) is 5.92 Å². The van der Waals surface area contributed by atoms with Gasteiger partial charge in [-0.2, -0.15) is 0 Å². The molecule has 0 radical (unpaired) electrons. The lowest BCUT2D eigenvalue weighted by molar-refractivity contribution is 0.347. The van der Waals surface area contributed by atoms with Crippen molar-refractivity contribution in [2.24, 2.45) is 5.92 Å². The van der Waals surface area contributed by atoms with Crippen molar-refractivity contribution in [2.45, 2.75) is 82.4 Å². The van der Waals surface area contributed by atoms with E-state index in [0.717, 1.165) is 18.5 Å². The Morgan fingerprint density at radius 1 is 0.574 bits per heavy atom. The average Bonchev–Trinajstić information content (AvgIpc) is 3.51. The van der Waals surface area contributed by atoms with Crippen LogP contribution in [-0.2, 0) is 16.2 Å². The summed E-state index contributed by atoms with van der Waals surface area (Å²) in [5.41, 5.74) is 21.5. The van der Waals surface area contributed by atoms with Crippen LogP contribution in [0.15, 0.2) is 168 Å². The van der Waals surface area contributed by atoms with Crippen molar-refractivity contribution in [1.29, 1.82) is 0 Å². The van der Waals surface area contributed by atoms with Crippen LogP contribution >= 0.6 is 11.8 Å². The topological polar surface area (TPSA) is 6.48 Å². The predicted octanol–water partition coefficient (Wildman–Crippen LogP) is 16.2. The van der Waals surface area contributed by atoms with Gasteiger partial charge in [-0.25, -0.2) is 0 Å².